The summed E-state index contributed by atoms with van der Waals surface area (Å²) in [4.78, 5) is 0. The van der Waals surface area contributed by atoms with Crippen molar-refractivity contribution in [3.05, 3.63) is 0 Å². The molecule has 0 spiro atoms. The van der Waals surface area contributed by atoms with Crippen LogP contribution in [0.25, 0.3) is 0 Å². The van der Waals surface area contributed by atoms with E-state index in [2.05, 4.69) is 0 Å². The molecule has 0 aromatic heterocycles. The van der Waals surface area contributed by atoms with Crippen LogP contribution in [0.4, 0.5) is 35.1 Å². The van der Waals surface area contributed by atoms with E-state index in [4.69, 9.17) is 0 Å². The van der Waals surface area contributed by atoms with Crippen molar-refractivity contribution in [2.75, 3.05) is 0 Å². The van der Waals surface area contributed by atoms with Crippen LogP contribution in [0.15, 0.2) is 0 Å². The van der Waals surface area contributed by atoms with E-state index in [1.165, 1.54) is 0 Å². The molecule has 0 saturated heterocycles. The predicted molar refractivity (Wildman–Crippen MR) is 58.9 cm³/mol. The molecule has 20 heavy (non-hydrogen) atoms. The molecule has 0 radical (unpaired) electrons. The Labute approximate surface area is 146 Å². The van der Waals surface area contributed by atoms with E-state index in [1.807, 2.05) is 0 Å². The first kappa shape index (κ1) is 21.1. The molecule has 0 nitrogen and oxygen atoms in total. The molecule has 0 aliphatic carbocycles. The molecule has 0 aliphatic rings. The third-order valence-electron chi connectivity index (χ3n) is 2.90. The number of alkyl halides is 8. The van der Waals surface area contributed by atoms with Crippen molar-refractivity contribution < 1.29 is 35.1 Å². The van der Waals surface area contributed by atoms with Crippen molar-refractivity contribution >= 4 is 49.0 Å². The molecule has 0 bridgehead atoms. The molecule has 0 aromatic rings. The van der Waals surface area contributed by atoms with Crippen LogP contribution in [-0.2, 0) is 0 Å². The predicted octanol–water partition coefficient (Wildman–Crippen LogP) is 5.01. The molecule has 9 heteroatoms. The van der Waals surface area contributed by atoms with Gasteiger partial charge in [0.1, 0.15) is 0 Å². The maximum absolute atomic E-state index is 13.1. The van der Waals surface area contributed by atoms with Crippen LogP contribution < -0.4 is 0 Å². The van der Waals surface area contributed by atoms with Crippen LogP contribution in [0.2, 0.25) is 0 Å². The van der Waals surface area contributed by atoms with Gasteiger partial charge in [-0.15, -0.1) is 0 Å². The summed E-state index contributed by atoms with van der Waals surface area (Å²) in [6.07, 6.45) is -7.98. The number of halogens is 8. The molecule has 0 aromatic carbocycles. The second-order valence-electron chi connectivity index (χ2n) is 4.90. The number of rotatable bonds is 9. The number of hydrogen-bond acceptors (Lipinski definition) is 0. The molecule has 0 rings (SSSR count). The van der Waals surface area contributed by atoms with Crippen LogP contribution in [0.1, 0.15) is 44.9 Å². The maximum atomic E-state index is 13.1. The summed E-state index contributed by atoms with van der Waals surface area (Å²) in [5.74, 6) is -4.64. The second-order valence-corrected chi connectivity index (χ2v) is 6.86. The van der Waals surface area contributed by atoms with Crippen molar-refractivity contribution in [3.8, 4) is 0 Å². The van der Waals surface area contributed by atoms with Crippen LogP contribution in [0, 0.1) is 0 Å². The topological polar surface area (TPSA) is 0 Å². The van der Waals surface area contributed by atoms with Gasteiger partial charge < -0.3 is 0 Å². The third-order valence-corrected chi connectivity index (χ3v) is 3.94. The van der Waals surface area contributed by atoms with E-state index >= 15 is 0 Å². The molecule has 1 unspecified atom stereocenters. The summed E-state index contributed by atoms with van der Waals surface area (Å²) >= 11 is -1.52. The average Bonchev–Trinajstić information content (AvgIpc) is 2.24. The van der Waals surface area contributed by atoms with Crippen molar-refractivity contribution in [2.45, 2.75) is 63.2 Å². The Balaban J connectivity index is 3.76. The first-order valence-corrected chi connectivity index (χ1v) is 7.90. The molecular formula is C11H15F8K. The standard InChI is InChI=1S/C11H15F8.K/c12-8(11(18,19)9(13)14)6-4-2-1-3-5-7-10(15,16)17;/h8H,1-7H2;. The zero-order valence-electron chi connectivity index (χ0n) is 11.1. The van der Waals surface area contributed by atoms with E-state index in [9.17, 15) is 35.1 Å². The van der Waals surface area contributed by atoms with Gasteiger partial charge >= 0.3 is 147 Å². The summed E-state index contributed by atoms with van der Waals surface area (Å²) in [6, 6.07) is 0. The normalized spacial score (nSPS) is 15.5. The third kappa shape index (κ3) is 8.50. The fourth-order valence-electron chi connectivity index (χ4n) is 1.64. The quantitative estimate of drug-likeness (QED) is 0.315. The molecule has 1 atom stereocenters. The Hall–Kier alpha value is 1.08. The number of unbranched alkanes of at least 4 members (excludes halogenated alkanes) is 4. The van der Waals surface area contributed by atoms with E-state index < -0.39 is 80.1 Å². The van der Waals surface area contributed by atoms with Gasteiger partial charge in [-0.3, -0.25) is 0 Å². The van der Waals surface area contributed by atoms with Crippen molar-refractivity contribution in [1.29, 1.82) is 0 Å². The average molecular weight is 338 g/mol. The van der Waals surface area contributed by atoms with Gasteiger partial charge in [0.25, 0.3) is 0 Å². The van der Waals surface area contributed by atoms with Crippen LogP contribution in [0.5, 0.6) is 0 Å². The van der Waals surface area contributed by atoms with Gasteiger partial charge in [0.15, 0.2) is 0 Å². The van der Waals surface area contributed by atoms with Crippen LogP contribution in [0.3, 0.4) is 0 Å². The molecular weight excluding hydrogens is 323 g/mol. The number of hydrogen-bond donors (Lipinski definition) is 0. The fourth-order valence-corrected chi connectivity index (χ4v) is 2.12. The van der Waals surface area contributed by atoms with Gasteiger partial charge in [0.05, 0.1) is 0 Å². The Morgan fingerprint density at radius 3 is 1.65 bits per heavy atom. The van der Waals surface area contributed by atoms with Gasteiger partial charge in [-0.1, -0.05) is 0 Å². The first-order valence-electron chi connectivity index (χ1n) is 6.34. The van der Waals surface area contributed by atoms with Crippen molar-refractivity contribution in [1.82, 2.24) is 0 Å². The van der Waals surface area contributed by atoms with Crippen LogP contribution in [-0.4, -0.2) is 67.2 Å². The Morgan fingerprint density at radius 2 is 1.20 bits per heavy atom. The summed E-state index contributed by atoms with van der Waals surface area (Å²) in [7, 11) is 0. The van der Waals surface area contributed by atoms with E-state index in [0.717, 1.165) is 0 Å². The first-order chi connectivity index (χ1) is 8.88. The molecule has 0 amide bonds. The molecule has 0 saturated carbocycles. The SMILES string of the molecule is FC(CCCCCCCC(F)(F)F)C(F)(F)[C](F)(F)[K]. The van der Waals surface area contributed by atoms with E-state index in [0.29, 0.717) is 6.42 Å². The molecule has 0 fully saturated rings. The molecule has 0 N–H and O–H groups in total. The van der Waals surface area contributed by atoms with Crippen LogP contribution >= 0.6 is 0 Å². The van der Waals surface area contributed by atoms with Gasteiger partial charge in [0.2, 0.25) is 0 Å². The van der Waals surface area contributed by atoms with Crippen molar-refractivity contribution in [2.24, 2.45) is 0 Å². The summed E-state index contributed by atoms with van der Waals surface area (Å²) < 4.78 is 95.0. The van der Waals surface area contributed by atoms with Gasteiger partial charge in [-0.2, -0.15) is 0 Å². The van der Waals surface area contributed by atoms with E-state index in [-0.39, 0.29) is 25.7 Å². The Bertz CT molecular complexity index is 271. The summed E-state index contributed by atoms with van der Waals surface area (Å²) in [5.41, 5.74) is 0. The zero-order valence-corrected chi connectivity index (χ0v) is 14.2. The monoisotopic (exact) mass is 338 g/mol. The molecule has 0 heterocycles. The summed E-state index contributed by atoms with van der Waals surface area (Å²) in [5, 5.41) is 0. The van der Waals surface area contributed by atoms with Gasteiger partial charge in [0, 0.05) is 0 Å². The minimum atomic E-state index is -4.64. The Kier molecular flexibility index (Phi) is 9.11. The van der Waals surface area contributed by atoms with Gasteiger partial charge in [-0.05, 0) is 0 Å². The Morgan fingerprint density at radius 1 is 0.750 bits per heavy atom. The minimum absolute atomic E-state index is 0.0359. The molecule has 116 valence electrons. The van der Waals surface area contributed by atoms with Crippen molar-refractivity contribution in [3.63, 3.8) is 0 Å². The van der Waals surface area contributed by atoms with E-state index in [1.54, 1.807) is 0 Å². The van der Waals surface area contributed by atoms with Gasteiger partial charge in [-0.25, -0.2) is 0 Å². The molecule has 0 aliphatic heterocycles. The zero-order chi connectivity index (χ0) is 16.0. The summed E-state index contributed by atoms with van der Waals surface area (Å²) in [6.45, 7) is 0. The fraction of sp³-hybridized carbons (Fsp3) is 1.00. The second kappa shape index (κ2) is 8.64.